The van der Waals surface area contributed by atoms with E-state index < -0.39 is 0 Å². The Labute approximate surface area is 179 Å². The lowest BCUT2D eigenvalue weighted by atomic mass is 9.92. The predicted molar refractivity (Wildman–Crippen MR) is 122 cm³/mol. The molecule has 4 rings (SSSR count). The molecule has 6 heteroatoms. The topological polar surface area (TPSA) is 32.3 Å². The molecule has 0 bridgehead atoms. The molecule has 1 saturated heterocycles. The molecule has 0 aromatic carbocycles. The molecule has 0 saturated carbocycles. The number of rotatable bonds is 5. The first-order chi connectivity index (χ1) is 13.5. The third-order valence-corrected chi connectivity index (χ3v) is 8.43. The SMILES string of the molecule is Cc1sc(NC(=O)c2cccs2)c(C(c2ccsc2)N2CCC(C)CC2)c1C. The Kier molecular flexibility index (Phi) is 6.01. The van der Waals surface area contributed by atoms with Crippen molar-refractivity contribution >= 4 is 44.9 Å². The lowest BCUT2D eigenvalue weighted by Crippen LogP contribution is -2.37. The maximum Gasteiger partial charge on any atom is 0.266 e. The molecule has 1 N–H and O–H groups in total. The molecule has 3 nitrogen and oxygen atoms in total. The van der Waals surface area contributed by atoms with Gasteiger partial charge in [0.25, 0.3) is 5.91 Å². The lowest BCUT2D eigenvalue weighted by Gasteiger charge is -2.37. The van der Waals surface area contributed by atoms with Crippen LogP contribution in [0.2, 0.25) is 0 Å². The van der Waals surface area contributed by atoms with Crippen LogP contribution in [0.3, 0.4) is 0 Å². The number of hydrogen-bond acceptors (Lipinski definition) is 5. The smallest absolute Gasteiger partial charge is 0.266 e. The normalized spacial score (nSPS) is 17.0. The number of hydrogen-bond donors (Lipinski definition) is 1. The minimum Gasteiger partial charge on any atom is -0.313 e. The molecule has 1 fully saturated rings. The van der Waals surface area contributed by atoms with Crippen molar-refractivity contribution in [2.45, 2.75) is 39.7 Å². The molecular formula is C22H26N2OS3. The third kappa shape index (κ3) is 3.96. The van der Waals surface area contributed by atoms with Crippen molar-refractivity contribution in [1.82, 2.24) is 4.90 Å². The van der Waals surface area contributed by atoms with Gasteiger partial charge in [-0.15, -0.1) is 22.7 Å². The van der Waals surface area contributed by atoms with Crippen LogP contribution in [0.25, 0.3) is 0 Å². The van der Waals surface area contributed by atoms with Crippen LogP contribution in [-0.2, 0) is 0 Å². The van der Waals surface area contributed by atoms with Crippen molar-refractivity contribution in [2.24, 2.45) is 5.92 Å². The first kappa shape index (κ1) is 19.8. The van der Waals surface area contributed by atoms with E-state index in [1.165, 1.54) is 45.7 Å². The molecule has 0 spiro atoms. The van der Waals surface area contributed by atoms with E-state index in [1.54, 1.807) is 22.7 Å². The summed E-state index contributed by atoms with van der Waals surface area (Å²) in [6.07, 6.45) is 2.47. The maximum atomic E-state index is 12.8. The summed E-state index contributed by atoms with van der Waals surface area (Å²) in [5, 5.41) is 10.6. The van der Waals surface area contributed by atoms with E-state index in [9.17, 15) is 4.79 Å². The molecule has 1 amide bonds. The van der Waals surface area contributed by atoms with Crippen molar-refractivity contribution in [1.29, 1.82) is 0 Å². The highest BCUT2D eigenvalue weighted by Gasteiger charge is 2.31. The van der Waals surface area contributed by atoms with Crippen molar-refractivity contribution in [3.8, 4) is 0 Å². The predicted octanol–water partition coefficient (Wildman–Crippen LogP) is 6.56. The first-order valence-corrected chi connectivity index (χ1v) is 12.4. The summed E-state index contributed by atoms with van der Waals surface area (Å²) in [5.74, 6) is 0.788. The minimum absolute atomic E-state index is 0.00571. The fraction of sp³-hybridized carbons (Fsp3) is 0.409. The van der Waals surface area contributed by atoms with Crippen LogP contribution in [0.5, 0.6) is 0 Å². The summed E-state index contributed by atoms with van der Waals surface area (Å²) >= 11 is 4.94. The van der Waals surface area contributed by atoms with Crippen LogP contribution in [-0.4, -0.2) is 23.9 Å². The van der Waals surface area contributed by atoms with Crippen LogP contribution >= 0.6 is 34.0 Å². The van der Waals surface area contributed by atoms with Crippen LogP contribution in [0.1, 0.15) is 57.0 Å². The number of carbonyl (C=O) groups excluding carboxylic acids is 1. The molecule has 28 heavy (non-hydrogen) atoms. The average molecular weight is 431 g/mol. The average Bonchev–Trinajstić information content (AvgIpc) is 3.43. The zero-order valence-corrected chi connectivity index (χ0v) is 19.0. The Balaban J connectivity index is 1.72. The first-order valence-electron chi connectivity index (χ1n) is 9.75. The van der Waals surface area contributed by atoms with Gasteiger partial charge in [-0.1, -0.05) is 13.0 Å². The molecule has 0 radical (unpaired) electrons. The van der Waals surface area contributed by atoms with Gasteiger partial charge in [-0.05, 0) is 85.1 Å². The molecule has 1 unspecified atom stereocenters. The Morgan fingerprint density at radius 2 is 2.00 bits per heavy atom. The summed E-state index contributed by atoms with van der Waals surface area (Å²) in [6, 6.07) is 6.26. The van der Waals surface area contributed by atoms with E-state index in [0.717, 1.165) is 28.9 Å². The van der Waals surface area contributed by atoms with Gasteiger partial charge >= 0.3 is 0 Å². The number of nitrogens with zero attached hydrogens (tertiary/aromatic N) is 1. The largest absolute Gasteiger partial charge is 0.313 e. The molecule has 4 heterocycles. The molecule has 0 aliphatic carbocycles. The van der Waals surface area contributed by atoms with Crippen LogP contribution in [0.4, 0.5) is 5.00 Å². The van der Waals surface area contributed by atoms with Gasteiger partial charge in [0.15, 0.2) is 0 Å². The summed E-state index contributed by atoms with van der Waals surface area (Å²) in [5.41, 5.74) is 3.92. The third-order valence-electron chi connectivity index (χ3n) is 5.72. The summed E-state index contributed by atoms with van der Waals surface area (Å²) in [4.78, 5) is 17.4. The maximum absolute atomic E-state index is 12.8. The van der Waals surface area contributed by atoms with Gasteiger partial charge in [0.2, 0.25) is 0 Å². The summed E-state index contributed by atoms with van der Waals surface area (Å²) in [6.45, 7) is 8.92. The van der Waals surface area contributed by atoms with Crippen LogP contribution < -0.4 is 5.32 Å². The number of carbonyl (C=O) groups is 1. The number of thiophene rings is 3. The fourth-order valence-electron chi connectivity index (χ4n) is 3.92. The quantitative estimate of drug-likeness (QED) is 0.497. The number of anilines is 1. The van der Waals surface area contributed by atoms with E-state index in [2.05, 4.69) is 47.8 Å². The second-order valence-corrected chi connectivity index (χ2v) is 10.6. The number of likely N-dealkylation sites (tertiary alicyclic amines) is 1. The Morgan fingerprint density at radius 3 is 2.64 bits per heavy atom. The molecular weight excluding hydrogens is 404 g/mol. The van der Waals surface area contributed by atoms with Crippen molar-refractivity contribution < 1.29 is 4.79 Å². The van der Waals surface area contributed by atoms with Crippen molar-refractivity contribution in [3.63, 3.8) is 0 Å². The van der Waals surface area contributed by atoms with Gasteiger partial charge in [-0.25, -0.2) is 0 Å². The molecule has 1 aliphatic rings. The van der Waals surface area contributed by atoms with Gasteiger partial charge in [0.1, 0.15) is 5.00 Å². The van der Waals surface area contributed by atoms with E-state index >= 15 is 0 Å². The molecule has 1 atom stereocenters. The van der Waals surface area contributed by atoms with Crippen molar-refractivity contribution in [3.05, 3.63) is 60.8 Å². The minimum atomic E-state index is -0.00571. The molecule has 148 valence electrons. The van der Waals surface area contributed by atoms with Gasteiger partial charge in [-0.2, -0.15) is 11.3 Å². The van der Waals surface area contributed by atoms with Gasteiger partial charge in [0.05, 0.1) is 10.9 Å². The zero-order valence-electron chi connectivity index (χ0n) is 16.5. The number of nitrogens with one attached hydrogen (secondary N) is 1. The van der Waals surface area contributed by atoms with E-state index in [-0.39, 0.29) is 11.9 Å². The van der Waals surface area contributed by atoms with Crippen molar-refractivity contribution in [2.75, 3.05) is 18.4 Å². The molecule has 3 aromatic heterocycles. The number of amides is 1. The molecule has 3 aromatic rings. The van der Waals surface area contributed by atoms with E-state index in [0.29, 0.717) is 0 Å². The second kappa shape index (κ2) is 8.49. The number of piperidine rings is 1. The highest BCUT2D eigenvalue weighted by molar-refractivity contribution is 7.17. The van der Waals surface area contributed by atoms with E-state index in [1.807, 2.05) is 17.5 Å². The van der Waals surface area contributed by atoms with Crippen LogP contribution in [0, 0.1) is 19.8 Å². The van der Waals surface area contributed by atoms with Gasteiger partial charge < -0.3 is 5.32 Å². The lowest BCUT2D eigenvalue weighted by molar-refractivity contribution is 0.103. The second-order valence-electron chi connectivity index (χ2n) is 7.64. The fourth-order valence-corrected chi connectivity index (χ4v) is 6.30. The van der Waals surface area contributed by atoms with E-state index in [4.69, 9.17) is 0 Å². The number of aryl methyl sites for hydroxylation is 1. The summed E-state index contributed by atoms with van der Waals surface area (Å²) in [7, 11) is 0. The van der Waals surface area contributed by atoms with Gasteiger partial charge in [0, 0.05) is 10.4 Å². The Hall–Kier alpha value is -1.47. The Morgan fingerprint density at radius 1 is 1.21 bits per heavy atom. The monoisotopic (exact) mass is 430 g/mol. The zero-order chi connectivity index (χ0) is 19.7. The highest BCUT2D eigenvalue weighted by Crippen LogP contribution is 2.43. The summed E-state index contributed by atoms with van der Waals surface area (Å²) < 4.78 is 0. The Bertz CT molecular complexity index is 920. The van der Waals surface area contributed by atoms with Crippen LogP contribution in [0.15, 0.2) is 34.3 Å². The highest BCUT2D eigenvalue weighted by atomic mass is 32.1. The molecule has 1 aliphatic heterocycles. The standard InChI is InChI=1S/C22H26N2OS3/c1-14-6-9-24(10-7-14)20(17-8-12-26-13-17)19-15(2)16(3)28-22(19)23-21(25)18-5-4-11-27-18/h4-5,8,11-14,20H,6-7,9-10H2,1-3H3,(H,23,25). The van der Waals surface area contributed by atoms with Gasteiger partial charge in [-0.3, -0.25) is 9.69 Å².